The largest absolute Gasteiger partial charge is 0.478 e. The van der Waals surface area contributed by atoms with Crippen LogP contribution in [0.2, 0.25) is 0 Å². The number of nitrogens with one attached hydrogen (secondary N) is 1. The number of benzene rings is 1. The normalized spacial score (nSPS) is 11.9. The topological polar surface area (TPSA) is 73.3 Å². The van der Waals surface area contributed by atoms with Crippen LogP contribution < -0.4 is 0 Å². The number of fused-ring (bicyclic) bond motifs is 1. The Morgan fingerprint density at radius 3 is 2.81 bits per heavy atom. The lowest BCUT2D eigenvalue weighted by Crippen LogP contribution is -1.95. The number of aliphatic hydroxyl groups is 1. The molecule has 0 bridgehead atoms. The van der Waals surface area contributed by atoms with Crippen LogP contribution in [0.4, 0.5) is 0 Å². The van der Waals surface area contributed by atoms with Crippen LogP contribution in [-0.4, -0.2) is 27.8 Å². The highest BCUT2D eigenvalue weighted by Crippen LogP contribution is 2.24. The van der Waals surface area contributed by atoms with E-state index in [0.29, 0.717) is 5.57 Å². The molecule has 0 saturated carbocycles. The van der Waals surface area contributed by atoms with Crippen LogP contribution >= 0.6 is 0 Å². The standard InChI is InChI=1S/C12H11NO3/c14-7-8(5-12(15)16)10-6-13-11-4-2-1-3-9(10)11/h1-6,13-14H,7H2,(H,15,16)/b8-5+. The molecule has 0 aliphatic heterocycles. The molecule has 2 rings (SSSR count). The smallest absolute Gasteiger partial charge is 0.328 e. The molecule has 0 fully saturated rings. The lowest BCUT2D eigenvalue weighted by atomic mass is 10.1. The van der Waals surface area contributed by atoms with Crippen LogP contribution in [0.3, 0.4) is 0 Å². The van der Waals surface area contributed by atoms with Gasteiger partial charge in [-0.15, -0.1) is 0 Å². The molecule has 3 N–H and O–H groups in total. The summed E-state index contributed by atoms with van der Waals surface area (Å²) in [4.78, 5) is 13.6. The summed E-state index contributed by atoms with van der Waals surface area (Å²) in [5, 5.41) is 18.8. The monoisotopic (exact) mass is 217 g/mol. The molecule has 0 spiro atoms. The quantitative estimate of drug-likeness (QED) is 0.684. The molecule has 0 amide bonds. The molecule has 1 aromatic heterocycles. The SMILES string of the molecule is O=C(O)/C=C(\CO)c1c[nH]c2ccccc12. The minimum absolute atomic E-state index is 0.297. The van der Waals surface area contributed by atoms with E-state index in [1.54, 1.807) is 6.20 Å². The van der Waals surface area contributed by atoms with Crippen molar-refractivity contribution in [3.05, 3.63) is 42.1 Å². The molecule has 1 heterocycles. The molecular weight excluding hydrogens is 206 g/mol. The third-order valence-electron chi connectivity index (χ3n) is 2.40. The van der Waals surface area contributed by atoms with Crippen LogP contribution in [0.15, 0.2) is 36.5 Å². The number of carboxylic acid groups (broad SMARTS) is 1. The van der Waals surface area contributed by atoms with E-state index in [4.69, 9.17) is 10.2 Å². The summed E-state index contributed by atoms with van der Waals surface area (Å²) < 4.78 is 0. The van der Waals surface area contributed by atoms with E-state index in [1.165, 1.54) is 0 Å². The van der Waals surface area contributed by atoms with Gasteiger partial charge in [-0.3, -0.25) is 0 Å². The van der Waals surface area contributed by atoms with Crippen molar-refractivity contribution in [2.24, 2.45) is 0 Å². The van der Waals surface area contributed by atoms with Gasteiger partial charge in [-0.05, 0) is 11.6 Å². The molecule has 0 radical (unpaired) electrons. The number of carboxylic acids is 1. The van der Waals surface area contributed by atoms with Gasteiger partial charge in [-0.1, -0.05) is 18.2 Å². The van der Waals surface area contributed by atoms with Crippen LogP contribution in [0, 0.1) is 0 Å². The fraction of sp³-hybridized carbons (Fsp3) is 0.0833. The van der Waals surface area contributed by atoms with E-state index in [1.807, 2.05) is 24.3 Å². The van der Waals surface area contributed by atoms with Crippen LogP contribution in [0.25, 0.3) is 16.5 Å². The minimum Gasteiger partial charge on any atom is -0.478 e. The van der Waals surface area contributed by atoms with Gasteiger partial charge in [0.1, 0.15) is 0 Å². The van der Waals surface area contributed by atoms with Gasteiger partial charge < -0.3 is 15.2 Å². The zero-order valence-electron chi connectivity index (χ0n) is 8.47. The first-order valence-electron chi connectivity index (χ1n) is 4.83. The second-order valence-corrected chi connectivity index (χ2v) is 3.41. The molecule has 0 saturated heterocycles. The first-order valence-corrected chi connectivity index (χ1v) is 4.83. The zero-order chi connectivity index (χ0) is 11.5. The Morgan fingerprint density at radius 1 is 1.38 bits per heavy atom. The van der Waals surface area contributed by atoms with Crippen molar-refractivity contribution < 1.29 is 15.0 Å². The Kier molecular flexibility index (Phi) is 2.74. The fourth-order valence-corrected chi connectivity index (χ4v) is 1.69. The number of para-hydroxylation sites is 1. The molecule has 0 aliphatic carbocycles. The highest BCUT2D eigenvalue weighted by Gasteiger charge is 2.08. The third-order valence-corrected chi connectivity index (χ3v) is 2.40. The Hall–Kier alpha value is -2.07. The number of aromatic amines is 1. The number of rotatable bonds is 3. The molecule has 4 heteroatoms. The fourth-order valence-electron chi connectivity index (χ4n) is 1.69. The number of hydrogen-bond donors (Lipinski definition) is 3. The molecule has 2 aromatic rings. The highest BCUT2D eigenvalue weighted by atomic mass is 16.4. The number of H-pyrrole nitrogens is 1. The number of hydrogen-bond acceptors (Lipinski definition) is 2. The maximum Gasteiger partial charge on any atom is 0.328 e. The molecule has 0 aliphatic rings. The minimum atomic E-state index is -1.06. The summed E-state index contributed by atoms with van der Waals surface area (Å²) in [6.45, 7) is -0.297. The molecule has 4 nitrogen and oxygen atoms in total. The average molecular weight is 217 g/mol. The van der Waals surface area contributed by atoms with Gasteiger partial charge in [0.25, 0.3) is 0 Å². The van der Waals surface area contributed by atoms with Crippen LogP contribution in [0.1, 0.15) is 5.56 Å². The molecule has 16 heavy (non-hydrogen) atoms. The lowest BCUT2D eigenvalue weighted by molar-refractivity contribution is -0.131. The molecular formula is C12H11NO3. The summed E-state index contributed by atoms with van der Waals surface area (Å²) in [6, 6.07) is 7.54. The summed E-state index contributed by atoms with van der Waals surface area (Å²) >= 11 is 0. The van der Waals surface area contributed by atoms with Gasteiger partial charge in [-0.2, -0.15) is 0 Å². The number of carbonyl (C=O) groups is 1. The maximum atomic E-state index is 10.6. The summed E-state index contributed by atoms with van der Waals surface area (Å²) in [5.74, 6) is -1.06. The molecule has 82 valence electrons. The number of aliphatic hydroxyl groups excluding tert-OH is 1. The molecule has 1 aromatic carbocycles. The van der Waals surface area contributed by atoms with Crippen molar-refractivity contribution in [2.45, 2.75) is 0 Å². The lowest BCUT2D eigenvalue weighted by Gasteiger charge is -2.00. The van der Waals surface area contributed by atoms with Crippen molar-refractivity contribution in [1.82, 2.24) is 4.98 Å². The summed E-state index contributed by atoms with van der Waals surface area (Å²) in [5.41, 5.74) is 2.03. The highest BCUT2D eigenvalue weighted by molar-refractivity contribution is 5.98. The van der Waals surface area contributed by atoms with Gasteiger partial charge in [0.05, 0.1) is 6.61 Å². The average Bonchev–Trinajstić information content (AvgIpc) is 2.69. The summed E-state index contributed by atoms with van der Waals surface area (Å²) in [7, 11) is 0. The maximum absolute atomic E-state index is 10.6. The van der Waals surface area contributed by atoms with Crippen molar-refractivity contribution >= 4 is 22.4 Å². The first kappa shape index (κ1) is 10.4. The Labute approximate surface area is 91.8 Å². The van der Waals surface area contributed by atoms with Crippen LogP contribution in [0.5, 0.6) is 0 Å². The van der Waals surface area contributed by atoms with Gasteiger partial charge >= 0.3 is 5.97 Å². The van der Waals surface area contributed by atoms with Crippen molar-refractivity contribution in [2.75, 3.05) is 6.61 Å². The van der Waals surface area contributed by atoms with E-state index >= 15 is 0 Å². The van der Waals surface area contributed by atoms with E-state index in [-0.39, 0.29) is 6.61 Å². The predicted octanol–water partition coefficient (Wildman–Crippen LogP) is 1.63. The van der Waals surface area contributed by atoms with Crippen LogP contribution in [-0.2, 0) is 4.79 Å². The third kappa shape index (κ3) is 1.83. The van der Waals surface area contributed by atoms with Gasteiger partial charge in [0, 0.05) is 28.7 Å². The second kappa shape index (κ2) is 4.20. The first-order chi connectivity index (χ1) is 7.72. The second-order valence-electron chi connectivity index (χ2n) is 3.41. The van der Waals surface area contributed by atoms with Crippen molar-refractivity contribution in [3.63, 3.8) is 0 Å². The predicted molar refractivity (Wildman–Crippen MR) is 61.0 cm³/mol. The summed E-state index contributed by atoms with van der Waals surface area (Å²) in [6.07, 6.45) is 2.73. The van der Waals surface area contributed by atoms with Crippen molar-refractivity contribution in [1.29, 1.82) is 0 Å². The zero-order valence-corrected chi connectivity index (χ0v) is 8.47. The van der Waals surface area contributed by atoms with Crippen molar-refractivity contribution in [3.8, 4) is 0 Å². The molecule has 0 atom stereocenters. The van der Waals surface area contributed by atoms with Gasteiger partial charge in [0.15, 0.2) is 0 Å². The van der Waals surface area contributed by atoms with E-state index in [9.17, 15) is 4.79 Å². The molecule has 0 unspecified atom stereocenters. The van der Waals surface area contributed by atoms with Gasteiger partial charge in [0.2, 0.25) is 0 Å². The number of aromatic nitrogens is 1. The van der Waals surface area contributed by atoms with E-state index in [2.05, 4.69) is 4.98 Å². The Morgan fingerprint density at radius 2 is 2.12 bits per heavy atom. The Balaban J connectivity index is 2.58. The van der Waals surface area contributed by atoms with Gasteiger partial charge in [-0.25, -0.2) is 4.79 Å². The Bertz CT molecular complexity index is 554. The number of aliphatic carboxylic acids is 1. The van der Waals surface area contributed by atoms with E-state index in [0.717, 1.165) is 22.5 Å². The van der Waals surface area contributed by atoms with E-state index < -0.39 is 5.97 Å².